The Bertz CT molecular complexity index is 723. The first-order chi connectivity index (χ1) is 9.20. The monoisotopic (exact) mass is 255 g/mol. The van der Waals surface area contributed by atoms with Gasteiger partial charge in [0.1, 0.15) is 0 Å². The molecule has 0 fully saturated rings. The molecule has 3 rings (SSSR count). The van der Waals surface area contributed by atoms with E-state index < -0.39 is 0 Å². The molecular weight excluding hydrogens is 238 g/mol. The molecule has 0 atom stereocenters. The van der Waals surface area contributed by atoms with Crippen LogP contribution in [-0.2, 0) is 13.5 Å². The van der Waals surface area contributed by atoms with Crippen molar-refractivity contribution in [1.82, 2.24) is 19.7 Å². The predicted molar refractivity (Wildman–Crippen MR) is 75.8 cm³/mol. The highest BCUT2D eigenvalue weighted by Gasteiger charge is 2.16. The van der Waals surface area contributed by atoms with Crippen LogP contribution in [0, 0.1) is 6.92 Å². The number of benzene rings is 1. The van der Waals surface area contributed by atoms with Crippen molar-refractivity contribution in [2.24, 2.45) is 12.8 Å². The number of fused-ring (bicyclic) bond motifs is 1. The standard InChI is InChI=1S/C14H17N5/c1-9-13(10-5-3-4-6-11(10)16-9)14-17-12(7-8-15)18-19(14)2/h3-6,16H,7-8,15H2,1-2H3. The number of aryl methyl sites for hydroxylation is 2. The second kappa shape index (κ2) is 4.51. The number of para-hydroxylation sites is 1. The van der Waals surface area contributed by atoms with Crippen molar-refractivity contribution in [3.8, 4) is 11.4 Å². The minimum Gasteiger partial charge on any atom is -0.358 e. The maximum atomic E-state index is 5.56. The zero-order valence-corrected chi connectivity index (χ0v) is 11.1. The van der Waals surface area contributed by atoms with Crippen molar-refractivity contribution in [3.05, 3.63) is 35.8 Å². The summed E-state index contributed by atoms with van der Waals surface area (Å²) in [5, 5.41) is 5.59. The van der Waals surface area contributed by atoms with Crippen LogP contribution in [0.25, 0.3) is 22.3 Å². The quantitative estimate of drug-likeness (QED) is 0.749. The van der Waals surface area contributed by atoms with Crippen LogP contribution in [-0.4, -0.2) is 26.3 Å². The normalized spacial score (nSPS) is 11.3. The molecule has 5 heteroatoms. The van der Waals surface area contributed by atoms with Gasteiger partial charge in [0.25, 0.3) is 0 Å². The lowest BCUT2D eigenvalue weighted by molar-refractivity contribution is 0.744. The molecule has 3 aromatic rings. The SMILES string of the molecule is Cc1[nH]c2ccccc2c1-c1nc(CCN)nn1C. The topological polar surface area (TPSA) is 72.5 Å². The third-order valence-electron chi connectivity index (χ3n) is 3.29. The van der Waals surface area contributed by atoms with Crippen LogP contribution < -0.4 is 5.73 Å². The van der Waals surface area contributed by atoms with Gasteiger partial charge in [-0.05, 0) is 19.5 Å². The maximum absolute atomic E-state index is 5.56. The zero-order chi connectivity index (χ0) is 13.4. The molecule has 0 radical (unpaired) electrons. The Morgan fingerprint density at radius 3 is 2.89 bits per heavy atom. The summed E-state index contributed by atoms with van der Waals surface area (Å²) in [4.78, 5) is 7.99. The molecule has 2 heterocycles. The Kier molecular flexibility index (Phi) is 2.83. The van der Waals surface area contributed by atoms with Crippen LogP contribution in [0.15, 0.2) is 24.3 Å². The largest absolute Gasteiger partial charge is 0.358 e. The Hall–Kier alpha value is -2.14. The predicted octanol–water partition coefficient (Wildman–Crippen LogP) is 1.77. The van der Waals surface area contributed by atoms with Gasteiger partial charge in [0.2, 0.25) is 0 Å². The third-order valence-corrected chi connectivity index (χ3v) is 3.29. The smallest absolute Gasteiger partial charge is 0.160 e. The molecular formula is C14H17N5. The van der Waals surface area contributed by atoms with Crippen molar-refractivity contribution >= 4 is 10.9 Å². The number of aromatic nitrogens is 4. The zero-order valence-electron chi connectivity index (χ0n) is 11.1. The van der Waals surface area contributed by atoms with E-state index in [2.05, 4.69) is 34.1 Å². The molecule has 0 unspecified atom stereocenters. The summed E-state index contributed by atoms with van der Waals surface area (Å²) in [6.45, 7) is 2.63. The van der Waals surface area contributed by atoms with Gasteiger partial charge < -0.3 is 10.7 Å². The number of nitrogens with two attached hydrogens (primary N) is 1. The van der Waals surface area contributed by atoms with E-state index in [4.69, 9.17) is 5.73 Å². The summed E-state index contributed by atoms with van der Waals surface area (Å²) < 4.78 is 1.83. The van der Waals surface area contributed by atoms with E-state index in [9.17, 15) is 0 Å². The van der Waals surface area contributed by atoms with Gasteiger partial charge in [-0.25, -0.2) is 9.67 Å². The van der Waals surface area contributed by atoms with Crippen LogP contribution in [0.5, 0.6) is 0 Å². The first kappa shape index (κ1) is 11.9. The Morgan fingerprint density at radius 1 is 1.32 bits per heavy atom. The summed E-state index contributed by atoms with van der Waals surface area (Å²) in [5.41, 5.74) is 8.91. The molecule has 2 aromatic heterocycles. The lowest BCUT2D eigenvalue weighted by atomic mass is 10.1. The van der Waals surface area contributed by atoms with Crippen LogP contribution in [0.1, 0.15) is 11.5 Å². The van der Waals surface area contributed by atoms with Crippen LogP contribution in [0.2, 0.25) is 0 Å². The number of H-pyrrole nitrogens is 1. The second-order valence-corrected chi connectivity index (χ2v) is 4.68. The molecule has 0 saturated heterocycles. The summed E-state index contributed by atoms with van der Waals surface area (Å²) >= 11 is 0. The number of rotatable bonds is 3. The van der Waals surface area contributed by atoms with Gasteiger partial charge in [0.15, 0.2) is 11.6 Å². The minimum absolute atomic E-state index is 0.566. The molecule has 0 amide bonds. The molecule has 0 aliphatic rings. The number of hydrogen-bond donors (Lipinski definition) is 2. The number of aromatic amines is 1. The number of hydrogen-bond acceptors (Lipinski definition) is 3. The molecule has 0 bridgehead atoms. The molecule has 0 saturated carbocycles. The molecule has 0 aliphatic carbocycles. The first-order valence-electron chi connectivity index (χ1n) is 6.38. The van der Waals surface area contributed by atoms with E-state index in [0.29, 0.717) is 13.0 Å². The summed E-state index contributed by atoms with van der Waals surface area (Å²) in [7, 11) is 1.92. The fourth-order valence-corrected chi connectivity index (χ4v) is 2.45. The highest BCUT2D eigenvalue weighted by atomic mass is 15.3. The molecule has 3 N–H and O–H groups in total. The number of nitrogens with one attached hydrogen (secondary N) is 1. The molecule has 5 nitrogen and oxygen atoms in total. The van der Waals surface area contributed by atoms with Gasteiger partial charge >= 0.3 is 0 Å². The van der Waals surface area contributed by atoms with Gasteiger partial charge in [-0.3, -0.25) is 0 Å². The van der Waals surface area contributed by atoms with Crippen molar-refractivity contribution in [3.63, 3.8) is 0 Å². The summed E-state index contributed by atoms with van der Waals surface area (Å²) in [5.74, 6) is 1.68. The third kappa shape index (κ3) is 1.92. The van der Waals surface area contributed by atoms with E-state index in [-0.39, 0.29) is 0 Å². The average Bonchev–Trinajstić information content (AvgIpc) is 2.89. The fourth-order valence-electron chi connectivity index (χ4n) is 2.45. The molecule has 19 heavy (non-hydrogen) atoms. The molecule has 0 aliphatic heterocycles. The van der Waals surface area contributed by atoms with Gasteiger partial charge in [0.05, 0.1) is 0 Å². The van der Waals surface area contributed by atoms with Gasteiger partial charge in [-0.2, -0.15) is 5.10 Å². The lowest BCUT2D eigenvalue weighted by Gasteiger charge is -1.99. The lowest BCUT2D eigenvalue weighted by Crippen LogP contribution is -2.04. The molecule has 1 aromatic carbocycles. The van der Waals surface area contributed by atoms with Crippen molar-refractivity contribution in [2.45, 2.75) is 13.3 Å². The highest BCUT2D eigenvalue weighted by molar-refractivity contribution is 5.95. The van der Waals surface area contributed by atoms with E-state index in [1.807, 2.05) is 23.9 Å². The Balaban J connectivity index is 2.21. The number of nitrogens with zero attached hydrogens (tertiary/aromatic N) is 3. The fraction of sp³-hybridized carbons (Fsp3) is 0.286. The van der Waals surface area contributed by atoms with Crippen molar-refractivity contribution in [2.75, 3.05) is 6.54 Å². The van der Waals surface area contributed by atoms with E-state index in [0.717, 1.165) is 28.4 Å². The summed E-state index contributed by atoms with van der Waals surface area (Å²) in [6, 6.07) is 8.24. The Morgan fingerprint density at radius 2 is 2.11 bits per heavy atom. The van der Waals surface area contributed by atoms with Crippen LogP contribution in [0.4, 0.5) is 0 Å². The van der Waals surface area contributed by atoms with E-state index in [1.165, 1.54) is 5.39 Å². The molecule has 0 spiro atoms. The van der Waals surface area contributed by atoms with Crippen molar-refractivity contribution < 1.29 is 0 Å². The van der Waals surface area contributed by atoms with E-state index in [1.54, 1.807) is 0 Å². The van der Waals surface area contributed by atoms with Gasteiger partial charge in [-0.15, -0.1) is 0 Å². The Labute approximate surface area is 111 Å². The van der Waals surface area contributed by atoms with Gasteiger partial charge in [-0.1, -0.05) is 18.2 Å². The first-order valence-corrected chi connectivity index (χ1v) is 6.38. The maximum Gasteiger partial charge on any atom is 0.160 e. The van der Waals surface area contributed by atoms with Crippen LogP contribution >= 0.6 is 0 Å². The van der Waals surface area contributed by atoms with Crippen molar-refractivity contribution in [1.29, 1.82) is 0 Å². The van der Waals surface area contributed by atoms with Crippen LogP contribution in [0.3, 0.4) is 0 Å². The average molecular weight is 255 g/mol. The minimum atomic E-state index is 0.566. The van der Waals surface area contributed by atoms with E-state index >= 15 is 0 Å². The molecule has 98 valence electrons. The highest BCUT2D eigenvalue weighted by Crippen LogP contribution is 2.30. The summed E-state index contributed by atoms with van der Waals surface area (Å²) in [6.07, 6.45) is 0.704. The van der Waals surface area contributed by atoms with Gasteiger partial charge in [0, 0.05) is 35.6 Å². The second-order valence-electron chi connectivity index (χ2n) is 4.68.